The first-order valence-electron chi connectivity index (χ1n) is 9.51. The number of hydrogen-bond acceptors (Lipinski definition) is 5. The van der Waals surface area contributed by atoms with E-state index in [-0.39, 0.29) is 19.3 Å². The number of carbonyl (C=O) groups is 4. The molecule has 3 N–H and O–H groups in total. The van der Waals surface area contributed by atoms with Crippen LogP contribution in [-0.4, -0.2) is 30.3 Å². The number of esters is 1. The highest BCUT2D eigenvalue weighted by molar-refractivity contribution is 5.95. The van der Waals surface area contributed by atoms with Crippen LogP contribution in [0.25, 0.3) is 0 Å². The van der Waals surface area contributed by atoms with Crippen molar-refractivity contribution in [1.29, 1.82) is 0 Å². The van der Waals surface area contributed by atoms with Crippen molar-refractivity contribution >= 4 is 29.4 Å². The Morgan fingerprint density at radius 2 is 1.50 bits per heavy atom. The fourth-order valence-electron chi connectivity index (χ4n) is 2.71. The van der Waals surface area contributed by atoms with Crippen molar-refractivity contribution < 1.29 is 23.9 Å². The molecule has 0 atom stereocenters. The average Bonchev–Trinajstić information content (AvgIpc) is 2.70. The van der Waals surface area contributed by atoms with Crippen molar-refractivity contribution in [2.24, 2.45) is 0 Å². The first-order valence-corrected chi connectivity index (χ1v) is 9.51. The zero-order valence-electron chi connectivity index (χ0n) is 17.0. The van der Waals surface area contributed by atoms with Gasteiger partial charge in [0.25, 0.3) is 11.8 Å². The third-order valence-corrected chi connectivity index (χ3v) is 4.01. The van der Waals surface area contributed by atoms with Gasteiger partial charge in [-0.3, -0.25) is 30.0 Å². The molecule has 3 amide bonds. The van der Waals surface area contributed by atoms with E-state index in [0.29, 0.717) is 11.3 Å². The molecule has 8 heteroatoms. The van der Waals surface area contributed by atoms with Gasteiger partial charge in [0.05, 0.1) is 0 Å². The number of benzene rings is 2. The second-order valence-corrected chi connectivity index (χ2v) is 6.81. The summed E-state index contributed by atoms with van der Waals surface area (Å²) in [6.07, 6.45) is 0.236. The molecule has 0 saturated carbocycles. The third-order valence-electron chi connectivity index (χ3n) is 4.01. The zero-order chi connectivity index (χ0) is 21.9. The highest BCUT2D eigenvalue weighted by Gasteiger charge is 2.11. The lowest BCUT2D eigenvalue weighted by Crippen LogP contribution is -2.41. The minimum Gasteiger partial charge on any atom is -0.456 e. The van der Waals surface area contributed by atoms with Gasteiger partial charge < -0.3 is 10.1 Å². The molecule has 8 nitrogen and oxygen atoms in total. The van der Waals surface area contributed by atoms with Gasteiger partial charge in [0.15, 0.2) is 6.61 Å². The molecule has 0 saturated heterocycles. The van der Waals surface area contributed by atoms with Gasteiger partial charge in [0.2, 0.25) is 5.91 Å². The molecular formula is C22H25N3O5. The number of aryl methyl sites for hydroxylation is 2. The first-order chi connectivity index (χ1) is 14.3. The Bertz CT molecular complexity index is 892. The summed E-state index contributed by atoms with van der Waals surface area (Å²) in [6, 6.07) is 14.1. The minimum absolute atomic E-state index is 0.0170. The molecule has 0 fully saturated rings. The van der Waals surface area contributed by atoms with Crippen LogP contribution in [0.1, 0.15) is 40.7 Å². The Kier molecular flexibility index (Phi) is 8.56. The number of carbonyl (C=O) groups excluding carboxylic acids is 4. The number of ether oxygens (including phenoxy) is 1. The van der Waals surface area contributed by atoms with Gasteiger partial charge in [-0.15, -0.1) is 0 Å². The number of anilines is 1. The lowest BCUT2D eigenvalue weighted by Gasteiger charge is -2.09. The molecule has 158 valence electrons. The maximum atomic E-state index is 11.9. The van der Waals surface area contributed by atoms with Crippen LogP contribution in [0, 0.1) is 13.8 Å². The smallest absolute Gasteiger partial charge is 0.306 e. The van der Waals surface area contributed by atoms with Crippen molar-refractivity contribution in [3.05, 3.63) is 65.2 Å². The maximum absolute atomic E-state index is 11.9. The Labute approximate surface area is 175 Å². The van der Waals surface area contributed by atoms with Crippen LogP contribution in [0.3, 0.4) is 0 Å². The van der Waals surface area contributed by atoms with Gasteiger partial charge in [-0.05, 0) is 55.7 Å². The summed E-state index contributed by atoms with van der Waals surface area (Å²) < 4.78 is 4.92. The summed E-state index contributed by atoms with van der Waals surface area (Å²) in [7, 11) is 0. The molecule has 0 unspecified atom stereocenters. The van der Waals surface area contributed by atoms with Crippen LogP contribution in [0.15, 0.2) is 48.5 Å². The second-order valence-electron chi connectivity index (χ2n) is 6.81. The molecular weight excluding hydrogens is 386 g/mol. The Morgan fingerprint density at radius 3 is 2.17 bits per heavy atom. The quantitative estimate of drug-likeness (QED) is 0.456. The van der Waals surface area contributed by atoms with Crippen LogP contribution in [0.4, 0.5) is 5.69 Å². The molecule has 0 aliphatic carbocycles. The van der Waals surface area contributed by atoms with E-state index in [1.54, 1.807) is 30.3 Å². The van der Waals surface area contributed by atoms with Gasteiger partial charge in [0, 0.05) is 24.1 Å². The largest absolute Gasteiger partial charge is 0.456 e. The monoisotopic (exact) mass is 411 g/mol. The van der Waals surface area contributed by atoms with Gasteiger partial charge in [-0.25, -0.2) is 0 Å². The predicted octanol–water partition coefficient (Wildman–Crippen LogP) is 2.42. The molecule has 0 bridgehead atoms. The van der Waals surface area contributed by atoms with Crippen LogP contribution >= 0.6 is 0 Å². The highest BCUT2D eigenvalue weighted by atomic mass is 16.5. The van der Waals surface area contributed by atoms with Crippen LogP contribution in [0.5, 0.6) is 0 Å². The molecule has 0 aromatic heterocycles. The topological polar surface area (TPSA) is 114 Å². The van der Waals surface area contributed by atoms with Crippen molar-refractivity contribution in [3.63, 3.8) is 0 Å². The van der Waals surface area contributed by atoms with Crippen molar-refractivity contribution in [1.82, 2.24) is 10.9 Å². The minimum atomic E-state index is -0.577. The average molecular weight is 411 g/mol. The van der Waals surface area contributed by atoms with Gasteiger partial charge in [-0.1, -0.05) is 24.3 Å². The molecule has 0 spiro atoms. The molecule has 30 heavy (non-hydrogen) atoms. The van der Waals surface area contributed by atoms with E-state index in [2.05, 4.69) is 16.2 Å². The summed E-state index contributed by atoms with van der Waals surface area (Å²) in [5.41, 5.74) is 7.67. The maximum Gasteiger partial charge on any atom is 0.306 e. The van der Waals surface area contributed by atoms with Gasteiger partial charge in [0.1, 0.15) is 0 Å². The molecule has 2 aromatic rings. The van der Waals surface area contributed by atoms with Crippen LogP contribution < -0.4 is 16.2 Å². The van der Waals surface area contributed by atoms with Gasteiger partial charge >= 0.3 is 5.97 Å². The predicted molar refractivity (Wildman–Crippen MR) is 111 cm³/mol. The Morgan fingerprint density at radius 1 is 0.833 bits per heavy atom. The SMILES string of the molecule is Cc1cc(C)cc(NC(=O)COC(=O)CCCC(=O)NNC(=O)c2ccccc2)c1. The van der Waals surface area contributed by atoms with E-state index < -0.39 is 30.3 Å². The molecule has 0 heterocycles. The molecule has 2 aromatic carbocycles. The molecule has 0 aliphatic rings. The van der Waals surface area contributed by atoms with Crippen LogP contribution in [-0.2, 0) is 19.1 Å². The number of hydrogen-bond donors (Lipinski definition) is 3. The number of nitrogens with one attached hydrogen (secondary N) is 3. The van der Waals surface area contributed by atoms with E-state index in [9.17, 15) is 19.2 Å². The number of rotatable bonds is 8. The van der Waals surface area contributed by atoms with Crippen molar-refractivity contribution in [2.75, 3.05) is 11.9 Å². The second kappa shape index (κ2) is 11.4. The summed E-state index contributed by atoms with van der Waals surface area (Å²) in [4.78, 5) is 47.2. The number of amides is 3. The van der Waals surface area contributed by atoms with E-state index >= 15 is 0 Å². The normalized spacial score (nSPS) is 10.1. The summed E-state index contributed by atoms with van der Waals surface area (Å²) in [5, 5.41) is 2.67. The summed E-state index contributed by atoms with van der Waals surface area (Å²) in [6.45, 7) is 3.45. The third kappa shape index (κ3) is 8.14. The standard InChI is InChI=1S/C22H25N3O5/c1-15-11-16(2)13-18(12-15)23-20(27)14-30-21(28)10-6-9-19(26)24-25-22(29)17-7-4-3-5-8-17/h3-5,7-8,11-13H,6,9-10,14H2,1-2H3,(H,23,27)(H,24,26)(H,25,29). The summed E-state index contributed by atoms with van der Waals surface area (Å²) in [5.74, 6) is -1.88. The summed E-state index contributed by atoms with van der Waals surface area (Å²) >= 11 is 0. The lowest BCUT2D eigenvalue weighted by molar-refractivity contribution is -0.147. The van der Waals surface area contributed by atoms with E-state index in [4.69, 9.17) is 4.74 Å². The highest BCUT2D eigenvalue weighted by Crippen LogP contribution is 2.13. The fraction of sp³-hybridized carbons (Fsp3) is 0.273. The van der Waals surface area contributed by atoms with E-state index in [1.165, 1.54) is 0 Å². The fourth-order valence-corrected chi connectivity index (χ4v) is 2.71. The van der Waals surface area contributed by atoms with E-state index in [0.717, 1.165) is 11.1 Å². The number of hydrazine groups is 1. The van der Waals surface area contributed by atoms with Crippen LogP contribution in [0.2, 0.25) is 0 Å². The zero-order valence-corrected chi connectivity index (χ0v) is 17.0. The molecule has 2 rings (SSSR count). The lowest BCUT2D eigenvalue weighted by atomic mass is 10.1. The van der Waals surface area contributed by atoms with Gasteiger partial charge in [-0.2, -0.15) is 0 Å². The molecule has 0 radical (unpaired) electrons. The Hall–Kier alpha value is -3.68. The van der Waals surface area contributed by atoms with Crippen molar-refractivity contribution in [3.8, 4) is 0 Å². The molecule has 0 aliphatic heterocycles. The van der Waals surface area contributed by atoms with Crippen molar-refractivity contribution in [2.45, 2.75) is 33.1 Å². The first kappa shape index (κ1) is 22.6. The van der Waals surface area contributed by atoms with E-state index in [1.807, 2.05) is 32.0 Å². The Balaban J connectivity index is 1.60.